The normalized spacial score (nSPS) is 30.1. The van der Waals surface area contributed by atoms with Gasteiger partial charge in [0.05, 0.1) is 18.0 Å². The first-order valence-electron chi connectivity index (χ1n) is 8.42. The summed E-state index contributed by atoms with van der Waals surface area (Å²) in [6.07, 6.45) is 1.95. The molecular formula is C18H24N4. The van der Waals surface area contributed by atoms with Crippen LogP contribution in [0.5, 0.6) is 0 Å². The fourth-order valence-electron chi connectivity index (χ4n) is 3.91. The van der Waals surface area contributed by atoms with Crippen LogP contribution >= 0.6 is 0 Å². The fourth-order valence-corrected chi connectivity index (χ4v) is 3.91. The van der Waals surface area contributed by atoms with Crippen molar-refractivity contribution in [2.75, 3.05) is 32.7 Å². The smallest absolute Gasteiger partial charge is 0.0642 e. The van der Waals surface area contributed by atoms with Crippen molar-refractivity contribution in [1.82, 2.24) is 15.5 Å². The summed E-state index contributed by atoms with van der Waals surface area (Å²) in [5.74, 6) is 1.48. The van der Waals surface area contributed by atoms with E-state index in [0.29, 0.717) is 12.5 Å². The second-order valence-electron chi connectivity index (χ2n) is 7.20. The van der Waals surface area contributed by atoms with Gasteiger partial charge in [-0.25, -0.2) is 0 Å². The Balaban J connectivity index is 1.19. The number of nitrogens with zero attached hydrogens (tertiary/aromatic N) is 2. The van der Waals surface area contributed by atoms with Crippen molar-refractivity contribution in [1.29, 1.82) is 5.26 Å². The topological polar surface area (TPSA) is 51.1 Å². The van der Waals surface area contributed by atoms with Gasteiger partial charge in [-0.05, 0) is 17.9 Å². The maximum Gasteiger partial charge on any atom is 0.0642 e. The quantitative estimate of drug-likeness (QED) is 0.831. The van der Waals surface area contributed by atoms with Gasteiger partial charge in [0, 0.05) is 44.7 Å². The number of rotatable bonds is 6. The monoisotopic (exact) mass is 296 g/mol. The van der Waals surface area contributed by atoms with Gasteiger partial charge in [0.25, 0.3) is 0 Å². The Bertz CT molecular complexity index is 554. The van der Waals surface area contributed by atoms with Gasteiger partial charge >= 0.3 is 0 Å². The maximum absolute atomic E-state index is 9.01. The van der Waals surface area contributed by atoms with E-state index in [4.69, 9.17) is 5.26 Å². The van der Waals surface area contributed by atoms with Crippen LogP contribution in [-0.4, -0.2) is 49.2 Å². The Kier molecular flexibility index (Phi) is 3.65. The summed E-state index contributed by atoms with van der Waals surface area (Å²) in [5.41, 5.74) is 1.63. The zero-order valence-corrected chi connectivity index (χ0v) is 13.0. The molecule has 2 atom stereocenters. The van der Waals surface area contributed by atoms with Crippen molar-refractivity contribution in [2.24, 2.45) is 5.92 Å². The van der Waals surface area contributed by atoms with Crippen LogP contribution in [-0.2, 0) is 0 Å². The van der Waals surface area contributed by atoms with E-state index in [2.05, 4.69) is 51.9 Å². The molecule has 0 radical (unpaired) electrons. The third-order valence-electron chi connectivity index (χ3n) is 5.63. The van der Waals surface area contributed by atoms with Gasteiger partial charge in [0.2, 0.25) is 0 Å². The highest BCUT2D eigenvalue weighted by Crippen LogP contribution is 2.41. The number of hydrogen-bond donors (Lipinski definition) is 2. The van der Waals surface area contributed by atoms with Crippen LogP contribution in [0.1, 0.15) is 24.3 Å². The molecule has 4 rings (SSSR count). The Morgan fingerprint density at radius 1 is 1.27 bits per heavy atom. The summed E-state index contributed by atoms with van der Waals surface area (Å²) < 4.78 is 0. The molecule has 0 unspecified atom stereocenters. The molecule has 2 aliphatic heterocycles. The minimum absolute atomic E-state index is 0.150. The zero-order valence-electron chi connectivity index (χ0n) is 13.0. The Morgan fingerprint density at radius 2 is 2.05 bits per heavy atom. The lowest BCUT2D eigenvalue weighted by atomic mass is 9.82. The molecular weight excluding hydrogens is 272 g/mol. The molecule has 1 aliphatic carbocycles. The summed E-state index contributed by atoms with van der Waals surface area (Å²) in [6.45, 7) is 5.40. The molecule has 0 amide bonds. The molecule has 0 spiro atoms. The van der Waals surface area contributed by atoms with Crippen LogP contribution in [0.15, 0.2) is 30.3 Å². The predicted molar refractivity (Wildman–Crippen MR) is 86.5 cm³/mol. The van der Waals surface area contributed by atoms with E-state index in [1.54, 1.807) is 0 Å². The maximum atomic E-state index is 9.01. The first kappa shape index (κ1) is 14.2. The van der Waals surface area contributed by atoms with E-state index < -0.39 is 0 Å². The highest BCUT2D eigenvalue weighted by atomic mass is 15.3. The van der Waals surface area contributed by atoms with Crippen molar-refractivity contribution >= 4 is 0 Å². The molecule has 2 saturated heterocycles. The van der Waals surface area contributed by atoms with E-state index in [0.717, 1.165) is 44.6 Å². The molecule has 2 N–H and O–H groups in total. The van der Waals surface area contributed by atoms with Gasteiger partial charge < -0.3 is 10.6 Å². The molecule has 4 heteroatoms. The van der Waals surface area contributed by atoms with Crippen molar-refractivity contribution in [3.8, 4) is 6.07 Å². The van der Waals surface area contributed by atoms with Crippen molar-refractivity contribution in [3.05, 3.63) is 35.9 Å². The molecule has 1 aromatic rings. The predicted octanol–water partition coefficient (Wildman–Crippen LogP) is 1.32. The zero-order chi connectivity index (χ0) is 15.0. The van der Waals surface area contributed by atoms with Crippen molar-refractivity contribution < 1.29 is 0 Å². The minimum Gasteiger partial charge on any atom is -0.313 e. The molecule has 22 heavy (non-hydrogen) atoms. The standard InChI is InChI=1S/C18H24N4/c19-7-6-18(12-20-13-18)22-10-14(11-22)9-21-17-8-16(17)15-4-2-1-3-5-15/h1-5,14,16-17,20-21H,6,8-13H2/t16-,17+/m0/s1. The Labute approximate surface area is 132 Å². The van der Waals surface area contributed by atoms with E-state index in [1.165, 1.54) is 12.0 Å². The Morgan fingerprint density at radius 3 is 2.68 bits per heavy atom. The lowest BCUT2D eigenvalue weighted by Gasteiger charge is -2.56. The number of likely N-dealkylation sites (tertiary alicyclic amines) is 1. The summed E-state index contributed by atoms with van der Waals surface area (Å²) in [5, 5.41) is 16.1. The van der Waals surface area contributed by atoms with Gasteiger partial charge in [-0.1, -0.05) is 30.3 Å². The second kappa shape index (κ2) is 5.66. The van der Waals surface area contributed by atoms with E-state index in [1.807, 2.05) is 0 Å². The number of nitrogens with one attached hydrogen (secondary N) is 2. The van der Waals surface area contributed by atoms with Crippen molar-refractivity contribution in [3.63, 3.8) is 0 Å². The number of benzene rings is 1. The van der Waals surface area contributed by atoms with Gasteiger partial charge in [-0.2, -0.15) is 5.26 Å². The summed E-state index contributed by atoms with van der Waals surface area (Å²) in [6, 6.07) is 13.9. The SMILES string of the molecule is N#CCC1(N2CC(CN[C@@H]3C[C@H]3c3ccccc3)C2)CNC1. The van der Waals surface area contributed by atoms with E-state index >= 15 is 0 Å². The number of nitriles is 1. The average Bonchev–Trinajstić information content (AvgIpc) is 3.23. The molecule has 0 bridgehead atoms. The molecule has 3 aliphatic rings. The molecule has 116 valence electrons. The Hall–Kier alpha value is -1.41. The van der Waals surface area contributed by atoms with Gasteiger partial charge in [0.15, 0.2) is 0 Å². The second-order valence-corrected chi connectivity index (χ2v) is 7.20. The van der Waals surface area contributed by atoms with Crippen molar-refractivity contribution in [2.45, 2.75) is 30.3 Å². The fraction of sp³-hybridized carbons (Fsp3) is 0.611. The van der Waals surface area contributed by atoms with Crippen LogP contribution in [0.3, 0.4) is 0 Å². The largest absolute Gasteiger partial charge is 0.313 e. The van der Waals surface area contributed by atoms with E-state index in [-0.39, 0.29) is 5.54 Å². The van der Waals surface area contributed by atoms with E-state index in [9.17, 15) is 0 Å². The minimum atomic E-state index is 0.150. The third-order valence-corrected chi connectivity index (χ3v) is 5.63. The molecule has 4 nitrogen and oxygen atoms in total. The third kappa shape index (κ3) is 2.54. The number of hydrogen-bond acceptors (Lipinski definition) is 4. The summed E-state index contributed by atoms with van der Waals surface area (Å²) in [4.78, 5) is 2.51. The van der Waals surface area contributed by atoms with Crippen LogP contribution in [0, 0.1) is 17.2 Å². The first-order valence-corrected chi connectivity index (χ1v) is 8.42. The molecule has 0 aromatic heterocycles. The van der Waals surface area contributed by atoms with Crippen LogP contribution in [0.25, 0.3) is 0 Å². The highest BCUT2D eigenvalue weighted by Gasteiger charge is 2.48. The highest BCUT2D eigenvalue weighted by molar-refractivity contribution is 5.27. The van der Waals surface area contributed by atoms with Crippen LogP contribution in [0.4, 0.5) is 0 Å². The lowest BCUT2D eigenvalue weighted by molar-refractivity contribution is -0.0432. The lowest BCUT2D eigenvalue weighted by Crippen LogP contribution is -2.74. The van der Waals surface area contributed by atoms with Gasteiger partial charge in [0.1, 0.15) is 0 Å². The van der Waals surface area contributed by atoms with Gasteiger partial charge in [-0.3, -0.25) is 4.90 Å². The van der Waals surface area contributed by atoms with Crippen LogP contribution in [0.2, 0.25) is 0 Å². The van der Waals surface area contributed by atoms with Crippen LogP contribution < -0.4 is 10.6 Å². The molecule has 1 aromatic carbocycles. The molecule has 2 heterocycles. The molecule has 3 fully saturated rings. The molecule has 1 saturated carbocycles. The van der Waals surface area contributed by atoms with Gasteiger partial charge in [-0.15, -0.1) is 0 Å². The summed E-state index contributed by atoms with van der Waals surface area (Å²) >= 11 is 0. The first-order chi connectivity index (χ1) is 10.8. The summed E-state index contributed by atoms with van der Waals surface area (Å²) in [7, 11) is 0. The average molecular weight is 296 g/mol.